The normalized spacial score (nSPS) is 27.9. The minimum atomic E-state index is -4.24. The lowest BCUT2D eigenvalue weighted by atomic mass is 9.91. The molecule has 2 fully saturated rings. The van der Waals surface area contributed by atoms with Gasteiger partial charge >= 0.3 is 16.3 Å². The lowest BCUT2D eigenvalue weighted by Gasteiger charge is -2.30. The van der Waals surface area contributed by atoms with Gasteiger partial charge in [-0.2, -0.15) is 8.42 Å². The van der Waals surface area contributed by atoms with Crippen LogP contribution in [-0.2, 0) is 29.3 Å². The van der Waals surface area contributed by atoms with E-state index in [1.807, 2.05) is 12.2 Å². The van der Waals surface area contributed by atoms with Crippen molar-refractivity contribution in [2.75, 3.05) is 11.3 Å². The van der Waals surface area contributed by atoms with Gasteiger partial charge in [-0.3, -0.25) is 19.1 Å². The monoisotopic (exact) mass is 602 g/mol. The fraction of sp³-hybridized carbons (Fsp3) is 0.600. The Balaban J connectivity index is 1.53. The Bertz CT molecular complexity index is 1310. The van der Waals surface area contributed by atoms with Crippen LogP contribution in [0.25, 0.3) is 0 Å². The summed E-state index contributed by atoms with van der Waals surface area (Å²) in [4.78, 5) is 55.0. The molecule has 1 saturated heterocycles. The minimum Gasteiger partial charge on any atom is -0.444 e. The van der Waals surface area contributed by atoms with Crippen LogP contribution in [0.4, 0.5) is 10.5 Å². The maximum atomic E-state index is 13.7. The number of hydrogen-bond acceptors (Lipinski definition) is 7. The molecule has 4 rings (SSSR count). The first-order chi connectivity index (χ1) is 19.8. The van der Waals surface area contributed by atoms with Crippen molar-refractivity contribution in [1.29, 1.82) is 0 Å². The van der Waals surface area contributed by atoms with E-state index in [4.69, 9.17) is 4.74 Å². The number of benzene rings is 1. The molecular weight excluding hydrogens is 560 g/mol. The number of nitrogens with zero attached hydrogens (tertiary/aromatic N) is 1. The molecule has 0 aromatic heterocycles. The maximum Gasteiger partial charge on any atom is 0.408 e. The third-order valence-electron chi connectivity index (χ3n) is 7.96. The molecule has 0 unspecified atom stereocenters. The van der Waals surface area contributed by atoms with Crippen LogP contribution in [0.3, 0.4) is 0 Å². The van der Waals surface area contributed by atoms with E-state index in [1.165, 1.54) is 4.90 Å². The van der Waals surface area contributed by atoms with Crippen LogP contribution in [0, 0.1) is 11.3 Å². The number of carbonyl (C=O) groups excluding carboxylic acids is 4. The van der Waals surface area contributed by atoms with Crippen LogP contribution in [-0.4, -0.2) is 61.2 Å². The number of nitrogens with one attached hydrogen (secondary N) is 3. The molecule has 42 heavy (non-hydrogen) atoms. The van der Waals surface area contributed by atoms with E-state index in [0.29, 0.717) is 44.3 Å². The summed E-state index contributed by atoms with van der Waals surface area (Å²) in [5.74, 6) is -1.65. The van der Waals surface area contributed by atoms with Gasteiger partial charge in [0.05, 0.1) is 17.1 Å². The van der Waals surface area contributed by atoms with E-state index in [0.717, 1.165) is 19.3 Å². The third-order valence-corrected chi connectivity index (χ3v) is 8.92. The van der Waals surface area contributed by atoms with Crippen LogP contribution in [0.15, 0.2) is 42.5 Å². The number of ether oxygens (including phenoxy) is 1. The van der Waals surface area contributed by atoms with Gasteiger partial charge in [-0.05, 0) is 77.3 Å². The lowest BCUT2D eigenvalue weighted by Crippen LogP contribution is -2.53. The number of para-hydroxylation sites is 1. The molecule has 3 amide bonds. The molecule has 12 heteroatoms. The van der Waals surface area contributed by atoms with Crippen molar-refractivity contribution >= 4 is 39.6 Å². The highest BCUT2D eigenvalue weighted by Crippen LogP contribution is 2.57. The number of rotatable bonds is 5. The molecular formula is C30H42N4O7S. The van der Waals surface area contributed by atoms with Crippen LogP contribution in [0.5, 0.6) is 0 Å². The predicted molar refractivity (Wildman–Crippen MR) is 157 cm³/mol. The van der Waals surface area contributed by atoms with Gasteiger partial charge in [0.15, 0.2) is 5.78 Å². The van der Waals surface area contributed by atoms with E-state index in [9.17, 15) is 27.6 Å². The number of ketones is 1. The summed E-state index contributed by atoms with van der Waals surface area (Å²) in [5.41, 5.74) is -1.65. The number of amides is 3. The second-order valence-electron chi connectivity index (χ2n) is 12.5. The summed E-state index contributed by atoms with van der Waals surface area (Å²) < 4.78 is 35.4. The number of Topliss-reactive ketones (excluding diaryl/α,β-unsaturated/α-hetero) is 1. The van der Waals surface area contributed by atoms with Crippen molar-refractivity contribution in [3.63, 3.8) is 0 Å². The molecule has 1 saturated carbocycles. The highest BCUT2D eigenvalue weighted by molar-refractivity contribution is 7.91. The molecule has 1 aromatic rings. The Morgan fingerprint density at radius 3 is 2.48 bits per heavy atom. The van der Waals surface area contributed by atoms with Crippen molar-refractivity contribution in [2.45, 2.75) is 96.2 Å². The average Bonchev–Trinajstić information content (AvgIpc) is 3.35. The van der Waals surface area contributed by atoms with E-state index in [2.05, 4.69) is 14.8 Å². The van der Waals surface area contributed by atoms with Gasteiger partial charge < -0.3 is 15.0 Å². The second kappa shape index (κ2) is 12.8. The Hall–Kier alpha value is -3.41. The molecule has 1 aromatic carbocycles. The van der Waals surface area contributed by atoms with Gasteiger partial charge in [-0.25, -0.2) is 9.52 Å². The number of carbonyl (C=O) groups is 4. The largest absolute Gasteiger partial charge is 0.444 e. The van der Waals surface area contributed by atoms with Crippen molar-refractivity contribution in [3.05, 3.63) is 42.5 Å². The molecule has 2 aliphatic heterocycles. The molecule has 1 aliphatic carbocycles. The fourth-order valence-electron chi connectivity index (χ4n) is 5.79. The first-order valence-corrected chi connectivity index (χ1v) is 16.2. The molecule has 0 radical (unpaired) electrons. The third kappa shape index (κ3) is 8.11. The molecule has 3 aliphatic rings. The fourth-order valence-corrected chi connectivity index (χ4v) is 6.73. The molecule has 3 N–H and O–H groups in total. The summed E-state index contributed by atoms with van der Waals surface area (Å²) in [6.45, 7) is 5.59. The molecule has 0 spiro atoms. The molecule has 2 heterocycles. The lowest BCUT2D eigenvalue weighted by molar-refractivity contribution is -0.140. The maximum absolute atomic E-state index is 13.7. The number of alkyl carbamates (subject to hydrolysis) is 1. The van der Waals surface area contributed by atoms with Gasteiger partial charge in [0.1, 0.15) is 11.6 Å². The Kier molecular flexibility index (Phi) is 9.64. The van der Waals surface area contributed by atoms with Crippen LogP contribution >= 0.6 is 0 Å². The zero-order chi connectivity index (χ0) is 30.5. The van der Waals surface area contributed by atoms with E-state index >= 15 is 0 Å². The summed E-state index contributed by atoms with van der Waals surface area (Å²) in [7, 11) is -4.24. The summed E-state index contributed by atoms with van der Waals surface area (Å²) in [6, 6.07) is 6.62. The van der Waals surface area contributed by atoms with Crippen LogP contribution in [0.2, 0.25) is 0 Å². The number of allylic oxidation sites excluding steroid dienone is 2. The van der Waals surface area contributed by atoms with Gasteiger partial charge in [0, 0.05) is 13.0 Å². The summed E-state index contributed by atoms with van der Waals surface area (Å²) in [6.07, 6.45) is 7.93. The highest BCUT2D eigenvalue weighted by atomic mass is 32.2. The first kappa shape index (κ1) is 31.5. The quantitative estimate of drug-likeness (QED) is 0.434. The SMILES string of the molecule is CC(C)(C)OC(=O)N[C@H]1CCCCC/C=C\[C@@H]2C[C@@]2(C(=O)NS(=O)(=O)Nc2ccccc2)CC(=O)[C@@H]2CCCN2C1=O. The topological polar surface area (TPSA) is 151 Å². The van der Waals surface area contributed by atoms with E-state index in [-0.39, 0.29) is 24.0 Å². The molecule has 0 bridgehead atoms. The van der Waals surface area contributed by atoms with Gasteiger partial charge in [0.2, 0.25) is 11.8 Å². The van der Waals surface area contributed by atoms with Crippen molar-refractivity contribution in [1.82, 2.24) is 14.9 Å². The Morgan fingerprint density at radius 2 is 1.76 bits per heavy atom. The predicted octanol–water partition coefficient (Wildman–Crippen LogP) is 3.83. The smallest absolute Gasteiger partial charge is 0.408 e. The average molecular weight is 603 g/mol. The molecule has 11 nitrogen and oxygen atoms in total. The second-order valence-corrected chi connectivity index (χ2v) is 13.9. The number of fused-ring (bicyclic) bond motifs is 2. The van der Waals surface area contributed by atoms with Crippen LogP contribution < -0.4 is 14.8 Å². The molecule has 230 valence electrons. The van der Waals surface area contributed by atoms with Gasteiger partial charge in [0.25, 0.3) is 0 Å². The first-order valence-electron chi connectivity index (χ1n) is 14.7. The molecule has 4 atom stereocenters. The zero-order valence-corrected chi connectivity index (χ0v) is 25.4. The summed E-state index contributed by atoms with van der Waals surface area (Å²) in [5, 5.41) is 2.72. The summed E-state index contributed by atoms with van der Waals surface area (Å²) >= 11 is 0. The van der Waals surface area contributed by atoms with Crippen molar-refractivity contribution in [2.24, 2.45) is 11.3 Å². The van der Waals surface area contributed by atoms with E-state index < -0.39 is 45.3 Å². The standard InChI is InChI=1S/C30H42N4O7S/c1-29(2,3)41-28(38)31-23-16-11-6-4-5-8-13-21-19-30(21,20-25(35)24-17-12-18-34(24)26(23)36)27(37)33-42(39,40)32-22-14-9-7-10-15-22/h7-10,13-15,21,23-24,32H,4-6,11-12,16-20H2,1-3H3,(H,31,38)(H,33,37)/b13-8-/t21-,23+,24+,30-/m1/s1. The number of hydrogen-bond donors (Lipinski definition) is 3. The Labute approximate surface area is 248 Å². The van der Waals surface area contributed by atoms with E-state index in [1.54, 1.807) is 51.1 Å². The Morgan fingerprint density at radius 1 is 1.02 bits per heavy atom. The van der Waals surface area contributed by atoms with Crippen molar-refractivity contribution in [3.8, 4) is 0 Å². The van der Waals surface area contributed by atoms with Gasteiger partial charge in [-0.15, -0.1) is 0 Å². The van der Waals surface area contributed by atoms with Gasteiger partial charge in [-0.1, -0.05) is 43.2 Å². The highest BCUT2D eigenvalue weighted by Gasteiger charge is 2.61. The van der Waals surface area contributed by atoms with Crippen molar-refractivity contribution < 1.29 is 32.3 Å². The zero-order valence-electron chi connectivity index (χ0n) is 24.6. The minimum absolute atomic E-state index is 0.187. The number of anilines is 1. The van der Waals surface area contributed by atoms with Crippen LogP contribution in [0.1, 0.15) is 78.6 Å².